The predicted octanol–water partition coefficient (Wildman–Crippen LogP) is 0.760. The Labute approximate surface area is 56.4 Å². The molecule has 1 fully saturated rings. The molecule has 0 amide bonds. The maximum Gasteiger partial charge on any atom is 0.0646 e. The molecule has 1 aliphatic rings. The third kappa shape index (κ3) is 1.43. The molecule has 2 heteroatoms. The van der Waals surface area contributed by atoms with Gasteiger partial charge in [0.15, 0.2) is 0 Å². The van der Waals surface area contributed by atoms with Crippen molar-refractivity contribution in [3.8, 4) is 0 Å². The van der Waals surface area contributed by atoms with Crippen molar-refractivity contribution in [2.45, 2.75) is 25.8 Å². The summed E-state index contributed by atoms with van der Waals surface area (Å²) in [5.41, 5.74) is 5.81. The molecule has 2 N–H and O–H groups in total. The second-order valence-electron chi connectivity index (χ2n) is 3.25. The molecule has 0 aromatic carbocycles. The highest BCUT2D eigenvalue weighted by atomic mass is 16.5. The van der Waals surface area contributed by atoms with Crippen LogP contribution in [0.2, 0.25) is 0 Å². The number of nitrogens with two attached hydrogens (primary N) is 1. The molecular weight excluding hydrogens is 114 g/mol. The van der Waals surface area contributed by atoms with Gasteiger partial charge in [0.2, 0.25) is 0 Å². The van der Waals surface area contributed by atoms with Crippen molar-refractivity contribution in [2.75, 3.05) is 13.2 Å². The van der Waals surface area contributed by atoms with Crippen molar-refractivity contribution in [3.63, 3.8) is 0 Å². The summed E-state index contributed by atoms with van der Waals surface area (Å²) in [6.45, 7) is 5.83. The Bertz CT molecular complexity index is 101. The van der Waals surface area contributed by atoms with E-state index in [-0.39, 0.29) is 5.54 Å². The molecule has 54 valence electrons. The fourth-order valence-electron chi connectivity index (χ4n) is 1.02. The van der Waals surface area contributed by atoms with Gasteiger partial charge < -0.3 is 10.5 Å². The Morgan fingerprint density at radius 3 is 2.67 bits per heavy atom. The summed E-state index contributed by atoms with van der Waals surface area (Å²) in [6, 6.07) is 0. The van der Waals surface area contributed by atoms with Crippen LogP contribution in [0.4, 0.5) is 0 Å². The van der Waals surface area contributed by atoms with Gasteiger partial charge in [0.05, 0.1) is 6.61 Å². The summed E-state index contributed by atoms with van der Waals surface area (Å²) in [7, 11) is 0. The Kier molecular flexibility index (Phi) is 1.78. The molecule has 0 aromatic rings. The Balaban J connectivity index is 2.49. The highest BCUT2D eigenvalue weighted by Crippen LogP contribution is 2.22. The summed E-state index contributed by atoms with van der Waals surface area (Å²) in [6.07, 6.45) is 1.10. The summed E-state index contributed by atoms with van der Waals surface area (Å²) >= 11 is 0. The van der Waals surface area contributed by atoms with Gasteiger partial charge in [-0.3, -0.25) is 0 Å². The van der Waals surface area contributed by atoms with Gasteiger partial charge in [-0.15, -0.1) is 0 Å². The van der Waals surface area contributed by atoms with Crippen LogP contribution < -0.4 is 5.73 Å². The Morgan fingerprint density at radius 1 is 1.67 bits per heavy atom. The lowest BCUT2D eigenvalue weighted by Gasteiger charge is -2.35. The second kappa shape index (κ2) is 2.27. The molecule has 9 heavy (non-hydrogen) atoms. The van der Waals surface area contributed by atoms with Gasteiger partial charge in [-0.1, -0.05) is 6.92 Å². The van der Waals surface area contributed by atoms with Crippen LogP contribution in [0, 0.1) is 5.92 Å². The molecule has 2 nitrogen and oxygen atoms in total. The van der Waals surface area contributed by atoms with Crippen molar-refractivity contribution in [3.05, 3.63) is 0 Å². The average Bonchev–Trinajstić information content (AvgIpc) is 1.77. The lowest BCUT2D eigenvalue weighted by Crippen LogP contribution is -2.50. The highest BCUT2D eigenvalue weighted by Gasteiger charge is 2.29. The molecule has 0 bridgehead atoms. The third-order valence-electron chi connectivity index (χ3n) is 2.23. The van der Waals surface area contributed by atoms with Gasteiger partial charge in [0.25, 0.3) is 0 Å². The minimum Gasteiger partial charge on any atom is -0.380 e. The summed E-state index contributed by atoms with van der Waals surface area (Å²) in [5.74, 6) is 0.603. The first-order valence-electron chi connectivity index (χ1n) is 3.49. The van der Waals surface area contributed by atoms with E-state index in [1.807, 2.05) is 0 Å². The quantitative estimate of drug-likeness (QED) is 0.524. The van der Waals surface area contributed by atoms with Crippen molar-refractivity contribution in [2.24, 2.45) is 11.7 Å². The van der Waals surface area contributed by atoms with Gasteiger partial charge in [-0.05, 0) is 19.3 Å². The molecule has 1 aliphatic heterocycles. The highest BCUT2D eigenvalue weighted by molar-refractivity contribution is 4.86. The van der Waals surface area contributed by atoms with Crippen LogP contribution in [-0.2, 0) is 4.74 Å². The van der Waals surface area contributed by atoms with E-state index < -0.39 is 0 Å². The maximum atomic E-state index is 5.90. The van der Waals surface area contributed by atoms with E-state index in [0.29, 0.717) is 12.5 Å². The van der Waals surface area contributed by atoms with Crippen LogP contribution in [-0.4, -0.2) is 18.8 Å². The smallest absolute Gasteiger partial charge is 0.0646 e. The zero-order valence-corrected chi connectivity index (χ0v) is 6.18. The van der Waals surface area contributed by atoms with E-state index in [0.717, 1.165) is 13.0 Å². The van der Waals surface area contributed by atoms with E-state index >= 15 is 0 Å². The zero-order valence-electron chi connectivity index (χ0n) is 6.18. The standard InChI is InChI=1S/C7H15NO/c1-6-3-4-9-5-7(6,2)8/h6H,3-5,8H2,1-2H3/t6-,7+/m1/s1. The minimum atomic E-state index is -0.0851. The SMILES string of the molecule is C[C@@H]1CCOC[C@]1(C)N. The first kappa shape index (κ1) is 7.03. The molecule has 0 radical (unpaired) electrons. The fourth-order valence-corrected chi connectivity index (χ4v) is 1.02. The molecule has 1 saturated heterocycles. The molecule has 0 saturated carbocycles. The first-order valence-corrected chi connectivity index (χ1v) is 3.49. The number of hydrogen-bond acceptors (Lipinski definition) is 2. The molecule has 2 atom stereocenters. The molecule has 1 rings (SSSR count). The summed E-state index contributed by atoms with van der Waals surface area (Å²) < 4.78 is 5.23. The lowest BCUT2D eigenvalue weighted by atomic mass is 9.85. The van der Waals surface area contributed by atoms with Gasteiger partial charge in [0, 0.05) is 12.1 Å². The first-order chi connectivity index (χ1) is 4.13. The Hall–Kier alpha value is -0.0800. The van der Waals surface area contributed by atoms with Gasteiger partial charge in [-0.25, -0.2) is 0 Å². The zero-order chi connectivity index (χ0) is 6.91. The topological polar surface area (TPSA) is 35.2 Å². The monoisotopic (exact) mass is 129 g/mol. The normalized spacial score (nSPS) is 45.0. The number of hydrogen-bond donors (Lipinski definition) is 1. The molecule has 0 spiro atoms. The van der Waals surface area contributed by atoms with E-state index in [2.05, 4.69) is 13.8 Å². The number of ether oxygens (including phenoxy) is 1. The molecular formula is C7H15NO. The van der Waals surface area contributed by atoms with Crippen molar-refractivity contribution in [1.82, 2.24) is 0 Å². The molecule has 0 aromatic heterocycles. The van der Waals surface area contributed by atoms with Crippen LogP contribution in [0.1, 0.15) is 20.3 Å². The van der Waals surface area contributed by atoms with Crippen LogP contribution in [0.3, 0.4) is 0 Å². The second-order valence-corrected chi connectivity index (χ2v) is 3.25. The average molecular weight is 129 g/mol. The van der Waals surface area contributed by atoms with E-state index in [1.54, 1.807) is 0 Å². The van der Waals surface area contributed by atoms with E-state index in [4.69, 9.17) is 10.5 Å². The third-order valence-corrected chi connectivity index (χ3v) is 2.23. The molecule has 0 unspecified atom stereocenters. The van der Waals surface area contributed by atoms with E-state index in [9.17, 15) is 0 Å². The maximum absolute atomic E-state index is 5.90. The van der Waals surface area contributed by atoms with Gasteiger partial charge in [0.1, 0.15) is 0 Å². The van der Waals surface area contributed by atoms with Crippen molar-refractivity contribution >= 4 is 0 Å². The van der Waals surface area contributed by atoms with Crippen LogP contribution in [0.5, 0.6) is 0 Å². The minimum absolute atomic E-state index is 0.0851. The van der Waals surface area contributed by atoms with Crippen LogP contribution in [0.15, 0.2) is 0 Å². The molecule has 1 heterocycles. The van der Waals surface area contributed by atoms with Crippen LogP contribution >= 0.6 is 0 Å². The van der Waals surface area contributed by atoms with Crippen LogP contribution in [0.25, 0.3) is 0 Å². The Morgan fingerprint density at radius 2 is 2.33 bits per heavy atom. The largest absolute Gasteiger partial charge is 0.380 e. The fraction of sp³-hybridized carbons (Fsp3) is 1.00. The molecule has 0 aliphatic carbocycles. The van der Waals surface area contributed by atoms with Gasteiger partial charge >= 0.3 is 0 Å². The lowest BCUT2D eigenvalue weighted by molar-refractivity contribution is 0.0128. The van der Waals surface area contributed by atoms with Crippen molar-refractivity contribution < 1.29 is 4.74 Å². The number of rotatable bonds is 0. The van der Waals surface area contributed by atoms with Crippen molar-refractivity contribution in [1.29, 1.82) is 0 Å². The predicted molar refractivity (Wildman–Crippen MR) is 37.2 cm³/mol. The van der Waals surface area contributed by atoms with E-state index in [1.165, 1.54) is 0 Å². The summed E-state index contributed by atoms with van der Waals surface area (Å²) in [4.78, 5) is 0. The summed E-state index contributed by atoms with van der Waals surface area (Å²) in [5, 5.41) is 0. The van der Waals surface area contributed by atoms with Gasteiger partial charge in [-0.2, -0.15) is 0 Å².